The van der Waals surface area contributed by atoms with Gasteiger partial charge < -0.3 is 9.47 Å². The molecule has 0 aromatic carbocycles. The van der Waals surface area contributed by atoms with Crippen LogP contribution in [0.4, 0.5) is 0 Å². The maximum Gasteiger partial charge on any atom is 0.232 e. The summed E-state index contributed by atoms with van der Waals surface area (Å²) >= 11 is 6.18. The average Bonchev–Trinajstić information content (AvgIpc) is 1.91. The van der Waals surface area contributed by atoms with Gasteiger partial charge >= 0.3 is 0 Å². The van der Waals surface area contributed by atoms with Crippen LogP contribution in [0.5, 0.6) is 0 Å². The first-order valence-electron chi connectivity index (χ1n) is 1.61. The number of halogens is 2. The highest BCUT2D eigenvalue weighted by Gasteiger charge is 2.09. The third kappa shape index (κ3) is 1.10. The zero-order valence-electron chi connectivity index (χ0n) is 3.28. The van der Waals surface area contributed by atoms with Gasteiger partial charge in [0.05, 0.1) is 0 Å². The molecule has 7 heavy (non-hydrogen) atoms. The first kappa shape index (κ1) is 5.44. The molecule has 0 N–H and O–H groups in total. The molecule has 0 aromatic rings. The second kappa shape index (κ2) is 2.05. The van der Waals surface area contributed by atoms with Crippen LogP contribution in [0, 0.1) is 0 Å². The van der Waals surface area contributed by atoms with Gasteiger partial charge in [-0.05, 0) is 31.9 Å². The highest BCUT2D eigenvalue weighted by Crippen LogP contribution is 2.25. The third-order valence-corrected chi connectivity index (χ3v) is 2.24. The van der Waals surface area contributed by atoms with E-state index in [1.165, 1.54) is 0 Å². The fraction of sp³-hybridized carbons (Fsp3) is 0.333. The summed E-state index contributed by atoms with van der Waals surface area (Å²) < 4.78 is 10.8. The van der Waals surface area contributed by atoms with Gasteiger partial charge in [-0.2, -0.15) is 0 Å². The molecule has 0 fully saturated rings. The number of hydrogen-bond donors (Lipinski definition) is 0. The minimum absolute atomic E-state index is 0.307. The van der Waals surface area contributed by atoms with Crippen LogP contribution in [0.25, 0.3) is 0 Å². The van der Waals surface area contributed by atoms with Gasteiger partial charge in [-0.1, -0.05) is 0 Å². The van der Waals surface area contributed by atoms with Gasteiger partial charge in [0.1, 0.15) is 0 Å². The minimum atomic E-state index is 0.307. The van der Waals surface area contributed by atoms with Crippen molar-refractivity contribution in [3.63, 3.8) is 0 Å². The Bertz CT molecular complexity index is 97.5. The zero-order valence-corrected chi connectivity index (χ0v) is 6.45. The van der Waals surface area contributed by atoms with E-state index in [1.807, 2.05) is 0 Å². The first-order chi connectivity index (χ1) is 3.30. The lowest BCUT2D eigenvalue weighted by Gasteiger charge is -1.85. The Morgan fingerprint density at radius 3 is 1.71 bits per heavy atom. The highest BCUT2D eigenvalue weighted by atomic mass is 79.9. The van der Waals surface area contributed by atoms with E-state index in [4.69, 9.17) is 9.47 Å². The maximum absolute atomic E-state index is 4.79. The van der Waals surface area contributed by atoms with E-state index < -0.39 is 0 Å². The van der Waals surface area contributed by atoms with Gasteiger partial charge in [-0.25, -0.2) is 0 Å². The van der Waals surface area contributed by atoms with Crippen molar-refractivity contribution in [3.8, 4) is 0 Å². The van der Waals surface area contributed by atoms with Crippen LogP contribution in [0.15, 0.2) is 9.34 Å². The molecule has 0 aliphatic carbocycles. The van der Waals surface area contributed by atoms with Crippen LogP contribution in [-0.4, -0.2) is 6.79 Å². The molecule has 0 saturated heterocycles. The molecule has 2 nitrogen and oxygen atoms in total. The van der Waals surface area contributed by atoms with Crippen molar-refractivity contribution in [2.75, 3.05) is 6.79 Å². The van der Waals surface area contributed by atoms with Crippen molar-refractivity contribution in [1.82, 2.24) is 0 Å². The Hall–Kier alpha value is 0.300. The SMILES string of the molecule is BrC1=C(Br)OCO1. The van der Waals surface area contributed by atoms with E-state index in [2.05, 4.69) is 31.9 Å². The average molecular weight is 230 g/mol. The van der Waals surface area contributed by atoms with Crippen molar-refractivity contribution in [2.24, 2.45) is 0 Å². The van der Waals surface area contributed by atoms with Crippen molar-refractivity contribution < 1.29 is 9.47 Å². The number of rotatable bonds is 0. The van der Waals surface area contributed by atoms with E-state index in [0.29, 0.717) is 16.1 Å². The predicted octanol–water partition coefficient (Wildman–Crippen LogP) is 1.91. The zero-order chi connectivity index (χ0) is 5.28. The van der Waals surface area contributed by atoms with Crippen LogP contribution < -0.4 is 0 Å². The Morgan fingerprint density at radius 2 is 1.57 bits per heavy atom. The molecular weight excluding hydrogens is 228 g/mol. The van der Waals surface area contributed by atoms with Crippen LogP contribution >= 0.6 is 31.9 Å². The summed E-state index contributed by atoms with van der Waals surface area (Å²) in [5, 5.41) is 0. The standard InChI is InChI=1S/C3H2Br2O2/c4-2-3(5)7-1-6-2/h1H2. The molecule has 0 atom stereocenters. The topological polar surface area (TPSA) is 18.5 Å². The molecule has 0 radical (unpaired) electrons. The van der Waals surface area contributed by atoms with Gasteiger partial charge in [-0.3, -0.25) is 0 Å². The molecule has 0 saturated carbocycles. The summed E-state index contributed by atoms with van der Waals surface area (Å²) in [6.07, 6.45) is 0. The fourth-order valence-corrected chi connectivity index (χ4v) is 0.662. The quantitative estimate of drug-likeness (QED) is 0.632. The first-order valence-corrected chi connectivity index (χ1v) is 3.20. The van der Waals surface area contributed by atoms with E-state index >= 15 is 0 Å². The molecule has 0 amide bonds. The van der Waals surface area contributed by atoms with E-state index in [1.54, 1.807) is 0 Å². The smallest absolute Gasteiger partial charge is 0.232 e. The largest absolute Gasteiger partial charge is 0.446 e. The lowest BCUT2D eigenvalue weighted by Crippen LogP contribution is -1.78. The summed E-state index contributed by atoms with van der Waals surface area (Å²) in [6.45, 7) is 0.307. The normalized spacial score (nSPS) is 19.1. The van der Waals surface area contributed by atoms with Crippen molar-refractivity contribution in [1.29, 1.82) is 0 Å². The van der Waals surface area contributed by atoms with Crippen molar-refractivity contribution in [2.45, 2.75) is 0 Å². The lowest BCUT2D eigenvalue weighted by atomic mass is 11.1. The summed E-state index contributed by atoms with van der Waals surface area (Å²) in [5.41, 5.74) is 0. The van der Waals surface area contributed by atoms with Gasteiger partial charge in [-0.15, -0.1) is 0 Å². The number of hydrogen-bond acceptors (Lipinski definition) is 2. The highest BCUT2D eigenvalue weighted by molar-refractivity contribution is 9.14. The monoisotopic (exact) mass is 228 g/mol. The van der Waals surface area contributed by atoms with Gasteiger partial charge in [0.25, 0.3) is 0 Å². The summed E-state index contributed by atoms with van der Waals surface area (Å²) in [6, 6.07) is 0. The lowest BCUT2D eigenvalue weighted by molar-refractivity contribution is 0.0870. The second-order valence-corrected chi connectivity index (χ2v) is 2.39. The Labute approximate surface area is 57.7 Å². The third-order valence-electron chi connectivity index (χ3n) is 0.526. The Kier molecular flexibility index (Phi) is 1.59. The van der Waals surface area contributed by atoms with E-state index in [-0.39, 0.29) is 0 Å². The van der Waals surface area contributed by atoms with Crippen molar-refractivity contribution in [3.05, 3.63) is 9.34 Å². The molecule has 1 heterocycles. The molecule has 1 rings (SSSR count). The Morgan fingerprint density at radius 1 is 1.14 bits per heavy atom. The fourth-order valence-electron chi connectivity index (χ4n) is 0.246. The van der Waals surface area contributed by atoms with Crippen LogP contribution in [-0.2, 0) is 9.47 Å². The minimum Gasteiger partial charge on any atom is -0.446 e. The summed E-state index contributed by atoms with van der Waals surface area (Å²) in [4.78, 5) is 0. The summed E-state index contributed by atoms with van der Waals surface area (Å²) in [7, 11) is 0. The maximum atomic E-state index is 4.79. The molecule has 0 aromatic heterocycles. The van der Waals surface area contributed by atoms with E-state index in [0.717, 1.165) is 0 Å². The summed E-state index contributed by atoms with van der Waals surface area (Å²) in [5.74, 6) is 0. The van der Waals surface area contributed by atoms with Gasteiger partial charge in [0.2, 0.25) is 16.1 Å². The van der Waals surface area contributed by atoms with Gasteiger partial charge in [0.15, 0.2) is 0 Å². The molecule has 0 spiro atoms. The van der Waals surface area contributed by atoms with Crippen LogP contribution in [0.3, 0.4) is 0 Å². The molecule has 4 heteroatoms. The van der Waals surface area contributed by atoms with Crippen LogP contribution in [0.2, 0.25) is 0 Å². The molecular formula is C3H2Br2O2. The second-order valence-electron chi connectivity index (χ2n) is 0.954. The molecule has 1 aliphatic heterocycles. The van der Waals surface area contributed by atoms with Crippen LogP contribution in [0.1, 0.15) is 0 Å². The van der Waals surface area contributed by atoms with Crippen molar-refractivity contribution >= 4 is 31.9 Å². The molecule has 0 bridgehead atoms. The number of ether oxygens (including phenoxy) is 2. The van der Waals surface area contributed by atoms with Gasteiger partial charge in [0, 0.05) is 0 Å². The van der Waals surface area contributed by atoms with E-state index in [9.17, 15) is 0 Å². The predicted molar refractivity (Wildman–Crippen MR) is 31.9 cm³/mol. The molecule has 40 valence electrons. The molecule has 1 aliphatic rings. The Balaban J connectivity index is 2.64. The molecule has 0 unspecified atom stereocenters.